The Morgan fingerprint density at radius 1 is 1.10 bits per heavy atom. The number of aliphatic hydroxyl groups is 1. The number of rotatable bonds is 5. The predicted molar refractivity (Wildman–Crippen MR) is 120 cm³/mol. The largest absolute Gasteiger partial charge is 0.487 e. The fourth-order valence-electron chi connectivity index (χ4n) is 4.81. The second kappa shape index (κ2) is 8.81. The zero-order valence-corrected chi connectivity index (χ0v) is 18.4. The van der Waals surface area contributed by atoms with Crippen molar-refractivity contribution < 1.29 is 14.6 Å². The number of nitrogens with zero attached hydrogens (tertiary/aromatic N) is 3. The monoisotopic (exact) mass is 444 g/mol. The van der Waals surface area contributed by atoms with Crippen molar-refractivity contribution in [1.82, 2.24) is 9.97 Å². The van der Waals surface area contributed by atoms with Crippen molar-refractivity contribution in [2.24, 2.45) is 0 Å². The molecule has 0 radical (unpaired) electrons. The molecule has 2 saturated heterocycles. The molecule has 0 saturated carbocycles. The Hall–Kier alpha value is -2.09. The zero-order chi connectivity index (χ0) is 21.3. The van der Waals surface area contributed by atoms with Crippen LogP contribution >= 0.6 is 11.6 Å². The number of aliphatic hydroxyl groups excluding tert-OH is 1. The first-order valence-electron chi connectivity index (χ1n) is 11.2. The van der Waals surface area contributed by atoms with Gasteiger partial charge in [-0.05, 0) is 43.4 Å². The first kappa shape index (κ1) is 20.8. The maximum absolute atomic E-state index is 10.3. The first-order valence-corrected chi connectivity index (χ1v) is 11.5. The van der Waals surface area contributed by atoms with E-state index in [1.54, 1.807) is 0 Å². The second-order valence-corrected chi connectivity index (χ2v) is 9.15. The van der Waals surface area contributed by atoms with Crippen LogP contribution in [0.1, 0.15) is 36.9 Å². The van der Waals surface area contributed by atoms with Crippen molar-refractivity contribution in [3.63, 3.8) is 0 Å². The molecule has 5 rings (SSSR count). The summed E-state index contributed by atoms with van der Waals surface area (Å²) in [5.74, 6) is 2.36. The SMILES string of the molecule is OCC1(c2ccc(Cl)cc2)CCN(c2nc3c(c(NC4CCOCC4)n2)OCC3)CC1. The van der Waals surface area contributed by atoms with Crippen LogP contribution in [0, 0.1) is 0 Å². The van der Waals surface area contributed by atoms with Gasteiger partial charge in [0.25, 0.3) is 0 Å². The van der Waals surface area contributed by atoms with Crippen molar-refractivity contribution in [1.29, 1.82) is 0 Å². The number of hydrogen-bond donors (Lipinski definition) is 2. The minimum absolute atomic E-state index is 0.123. The van der Waals surface area contributed by atoms with Gasteiger partial charge >= 0.3 is 0 Å². The van der Waals surface area contributed by atoms with E-state index in [-0.39, 0.29) is 12.0 Å². The summed E-state index contributed by atoms with van der Waals surface area (Å²) in [4.78, 5) is 11.9. The van der Waals surface area contributed by atoms with Gasteiger partial charge in [-0.15, -0.1) is 0 Å². The van der Waals surface area contributed by atoms with E-state index in [9.17, 15) is 5.11 Å². The fourth-order valence-corrected chi connectivity index (χ4v) is 4.93. The summed E-state index contributed by atoms with van der Waals surface area (Å²) in [5, 5.41) is 14.6. The molecule has 0 unspecified atom stereocenters. The number of benzene rings is 1. The highest BCUT2D eigenvalue weighted by atomic mass is 35.5. The van der Waals surface area contributed by atoms with Gasteiger partial charge in [0.2, 0.25) is 5.95 Å². The lowest BCUT2D eigenvalue weighted by Crippen LogP contribution is -2.45. The van der Waals surface area contributed by atoms with Gasteiger partial charge in [0.1, 0.15) is 0 Å². The van der Waals surface area contributed by atoms with E-state index in [4.69, 9.17) is 31.0 Å². The van der Waals surface area contributed by atoms with Crippen molar-refractivity contribution in [3.05, 3.63) is 40.5 Å². The van der Waals surface area contributed by atoms with Gasteiger partial charge in [-0.25, -0.2) is 4.98 Å². The molecule has 166 valence electrons. The van der Waals surface area contributed by atoms with Crippen LogP contribution in [0.4, 0.5) is 11.8 Å². The van der Waals surface area contributed by atoms with E-state index in [0.29, 0.717) is 17.7 Å². The molecule has 0 atom stereocenters. The van der Waals surface area contributed by atoms with Gasteiger partial charge in [0.15, 0.2) is 11.6 Å². The minimum atomic E-state index is -0.246. The second-order valence-electron chi connectivity index (χ2n) is 8.71. The van der Waals surface area contributed by atoms with E-state index < -0.39 is 0 Å². The Bertz CT molecular complexity index is 910. The molecule has 7 nitrogen and oxygen atoms in total. The molecular formula is C23H29ClN4O3. The first-order chi connectivity index (χ1) is 15.2. The van der Waals surface area contributed by atoms with E-state index in [2.05, 4.69) is 10.2 Å². The van der Waals surface area contributed by atoms with Crippen LogP contribution in [0.5, 0.6) is 5.75 Å². The lowest BCUT2D eigenvalue weighted by molar-refractivity contribution is 0.0903. The summed E-state index contributed by atoms with van der Waals surface area (Å²) in [5.41, 5.74) is 1.88. The van der Waals surface area contributed by atoms with Crippen LogP contribution in [-0.4, -0.2) is 60.6 Å². The third kappa shape index (κ3) is 4.19. The third-order valence-corrected chi connectivity index (χ3v) is 7.09. The number of anilines is 2. The zero-order valence-electron chi connectivity index (χ0n) is 17.6. The standard InChI is InChI=1S/C23H29ClN4O3/c24-17-3-1-16(2-4-17)23(15-29)8-10-28(11-9-23)22-26-19-7-14-31-20(19)21(27-22)25-18-5-12-30-13-6-18/h1-4,18,29H,5-15H2,(H,25,26,27). The third-order valence-electron chi connectivity index (χ3n) is 6.83. The predicted octanol–water partition coefficient (Wildman–Crippen LogP) is 3.19. The van der Waals surface area contributed by atoms with E-state index in [1.807, 2.05) is 24.3 Å². The number of fused-ring (bicyclic) bond motifs is 1. The highest BCUT2D eigenvalue weighted by Crippen LogP contribution is 2.38. The van der Waals surface area contributed by atoms with Crippen LogP contribution < -0.4 is 15.0 Å². The smallest absolute Gasteiger partial charge is 0.227 e. The van der Waals surface area contributed by atoms with Gasteiger partial charge in [0, 0.05) is 49.2 Å². The molecule has 3 aliphatic heterocycles. The van der Waals surface area contributed by atoms with Gasteiger partial charge < -0.3 is 24.8 Å². The van der Waals surface area contributed by atoms with E-state index in [1.165, 1.54) is 0 Å². The molecule has 0 aliphatic carbocycles. The Balaban J connectivity index is 1.35. The number of piperidine rings is 1. The maximum Gasteiger partial charge on any atom is 0.227 e. The molecule has 4 heterocycles. The van der Waals surface area contributed by atoms with Crippen LogP contribution in [-0.2, 0) is 16.6 Å². The Morgan fingerprint density at radius 3 is 2.55 bits per heavy atom. The Morgan fingerprint density at radius 2 is 1.84 bits per heavy atom. The lowest BCUT2D eigenvalue weighted by atomic mass is 9.73. The molecular weight excluding hydrogens is 416 g/mol. The molecule has 31 heavy (non-hydrogen) atoms. The lowest BCUT2D eigenvalue weighted by Gasteiger charge is -2.41. The average molecular weight is 445 g/mol. The average Bonchev–Trinajstić information content (AvgIpc) is 3.29. The van der Waals surface area contributed by atoms with Crippen LogP contribution in [0.2, 0.25) is 5.02 Å². The highest BCUT2D eigenvalue weighted by molar-refractivity contribution is 6.30. The van der Waals surface area contributed by atoms with Crippen LogP contribution in [0.3, 0.4) is 0 Å². The molecule has 1 aromatic carbocycles. The minimum Gasteiger partial charge on any atom is -0.487 e. The fraction of sp³-hybridized carbons (Fsp3) is 0.565. The van der Waals surface area contributed by atoms with Crippen molar-refractivity contribution in [2.45, 2.75) is 43.6 Å². The summed E-state index contributed by atoms with van der Waals surface area (Å²) in [6.45, 7) is 3.91. The Kier molecular flexibility index (Phi) is 5.91. The number of ether oxygens (including phenoxy) is 2. The summed E-state index contributed by atoms with van der Waals surface area (Å²) in [6, 6.07) is 8.22. The summed E-state index contributed by atoms with van der Waals surface area (Å²) < 4.78 is 11.3. The molecule has 3 aliphatic rings. The number of hydrogen-bond acceptors (Lipinski definition) is 7. The molecule has 2 aromatic rings. The van der Waals surface area contributed by atoms with E-state index >= 15 is 0 Å². The Labute approximate surface area is 187 Å². The summed E-state index contributed by atoms with van der Waals surface area (Å²) >= 11 is 6.06. The molecule has 0 bridgehead atoms. The van der Waals surface area contributed by atoms with Crippen molar-refractivity contribution in [3.8, 4) is 5.75 Å². The maximum atomic E-state index is 10.3. The molecule has 2 fully saturated rings. The summed E-state index contributed by atoms with van der Waals surface area (Å²) in [7, 11) is 0. The molecule has 2 N–H and O–H groups in total. The molecule has 0 spiro atoms. The van der Waals surface area contributed by atoms with E-state index in [0.717, 1.165) is 87.2 Å². The van der Waals surface area contributed by atoms with Crippen LogP contribution in [0.15, 0.2) is 24.3 Å². The van der Waals surface area contributed by atoms with Crippen molar-refractivity contribution >= 4 is 23.4 Å². The van der Waals surface area contributed by atoms with Crippen LogP contribution in [0.25, 0.3) is 0 Å². The topological polar surface area (TPSA) is 79.7 Å². The van der Waals surface area contributed by atoms with Gasteiger partial charge in [-0.2, -0.15) is 4.98 Å². The summed E-state index contributed by atoms with van der Waals surface area (Å²) in [6.07, 6.45) is 4.43. The molecule has 1 aromatic heterocycles. The van der Waals surface area contributed by atoms with Gasteiger partial charge in [-0.1, -0.05) is 23.7 Å². The van der Waals surface area contributed by atoms with Gasteiger partial charge in [-0.3, -0.25) is 0 Å². The molecule has 0 amide bonds. The molecule has 8 heteroatoms. The normalized spacial score (nSPS) is 20.9. The van der Waals surface area contributed by atoms with Crippen molar-refractivity contribution in [2.75, 3.05) is 49.7 Å². The highest BCUT2D eigenvalue weighted by Gasteiger charge is 2.37. The van der Waals surface area contributed by atoms with Gasteiger partial charge in [0.05, 0.1) is 18.9 Å². The quantitative estimate of drug-likeness (QED) is 0.733. The number of aromatic nitrogens is 2. The number of nitrogens with one attached hydrogen (secondary N) is 1. The number of halogens is 1.